The van der Waals surface area contributed by atoms with E-state index in [0.29, 0.717) is 0 Å². The second-order valence-electron chi connectivity index (χ2n) is 10.7. The third kappa shape index (κ3) is 4.65. The lowest BCUT2D eigenvalue weighted by Gasteiger charge is -2.29. The van der Waals surface area contributed by atoms with E-state index in [1.165, 1.54) is 22.3 Å². The molecule has 3 aromatic carbocycles. The van der Waals surface area contributed by atoms with Crippen LogP contribution in [0, 0.1) is 34.6 Å². The maximum atomic E-state index is 6.58. The van der Waals surface area contributed by atoms with Crippen LogP contribution in [-0.4, -0.2) is 32.8 Å². The number of fused-ring (bicyclic) bond motifs is 1. The summed E-state index contributed by atoms with van der Waals surface area (Å²) in [4.78, 5) is 4.50. The van der Waals surface area contributed by atoms with Crippen molar-refractivity contribution in [2.24, 2.45) is 0 Å². The van der Waals surface area contributed by atoms with Crippen LogP contribution in [0.3, 0.4) is 0 Å². The highest BCUT2D eigenvalue weighted by atomic mass is 16.5. The summed E-state index contributed by atoms with van der Waals surface area (Å²) < 4.78 is 8.58. The van der Waals surface area contributed by atoms with Crippen molar-refractivity contribution in [1.82, 2.24) is 19.6 Å². The first-order valence-corrected chi connectivity index (χ1v) is 13.4. The summed E-state index contributed by atoms with van der Waals surface area (Å²) in [7, 11) is 2.11. The molecule has 196 valence electrons. The summed E-state index contributed by atoms with van der Waals surface area (Å²) in [5, 5.41) is 4.77. The van der Waals surface area contributed by atoms with Crippen LogP contribution in [0.15, 0.2) is 91.3 Å². The predicted molar refractivity (Wildman–Crippen MR) is 159 cm³/mol. The van der Waals surface area contributed by atoms with E-state index in [0.717, 1.165) is 45.4 Å². The van der Waals surface area contributed by atoms with Crippen LogP contribution in [0.5, 0.6) is 11.5 Å². The summed E-state index contributed by atoms with van der Waals surface area (Å²) >= 11 is 0. The molecule has 1 unspecified atom stereocenters. The molecule has 1 aromatic heterocycles. The number of hydrogen-bond acceptors (Lipinski definition) is 4. The lowest BCUT2D eigenvalue weighted by atomic mass is 9.93. The van der Waals surface area contributed by atoms with Gasteiger partial charge in [-0.25, -0.2) is 4.68 Å². The minimum atomic E-state index is 0.204. The van der Waals surface area contributed by atoms with Crippen LogP contribution in [0.2, 0.25) is 0 Å². The highest BCUT2D eigenvalue weighted by Gasteiger charge is 2.28. The fraction of sp³-hybridized carbons (Fsp3) is 0.206. The largest absolute Gasteiger partial charge is 0.457 e. The van der Waals surface area contributed by atoms with Crippen molar-refractivity contribution in [3.63, 3.8) is 0 Å². The number of hydrogen-bond donors (Lipinski definition) is 0. The van der Waals surface area contributed by atoms with Crippen LogP contribution in [-0.2, 0) is 0 Å². The monoisotopic (exact) mass is 514 g/mol. The van der Waals surface area contributed by atoms with E-state index in [1.807, 2.05) is 17.7 Å². The van der Waals surface area contributed by atoms with E-state index in [2.05, 4.69) is 130 Å². The molecule has 3 heterocycles. The summed E-state index contributed by atoms with van der Waals surface area (Å²) in [5.74, 6) is 1.58. The number of ether oxygens (including phenoxy) is 1. The van der Waals surface area contributed by atoms with E-state index in [-0.39, 0.29) is 6.17 Å². The quantitative estimate of drug-likeness (QED) is 0.272. The third-order valence-corrected chi connectivity index (χ3v) is 7.42. The summed E-state index contributed by atoms with van der Waals surface area (Å²) in [5.41, 5.74) is 11.5. The minimum absolute atomic E-state index is 0.204. The van der Waals surface area contributed by atoms with Crippen molar-refractivity contribution in [1.29, 1.82) is 0 Å². The molecule has 5 nitrogen and oxygen atoms in total. The number of likely N-dealkylation sites (N-methyl/N-ethyl adjacent to an activating group) is 1. The lowest BCUT2D eigenvalue weighted by Crippen LogP contribution is -2.33. The Bertz CT molecular complexity index is 1650. The number of aromatic nitrogens is 2. The topological polar surface area (TPSA) is 33.5 Å². The highest BCUT2D eigenvalue weighted by molar-refractivity contribution is 5.75. The van der Waals surface area contributed by atoms with E-state index in [1.54, 1.807) is 0 Å². The standard InChI is InChI=1S/C34H34N4O/c1-22-14-23(2)34(24(3)15-22)28-17-29(38-26(5)16-25(4)35-38)20-31(19-28)39-30-11-9-10-27(18-30)32-21-36(6)33-12-7-8-13-37(32)33/h7-21,33H,1-6H3. The van der Waals surface area contributed by atoms with Gasteiger partial charge < -0.3 is 14.5 Å². The van der Waals surface area contributed by atoms with Gasteiger partial charge in [-0.15, -0.1) is 0 Å². The van der Waals surface area contributed by atoms with Crippen LogP contribution < -0.4 is 4.74 Å². The molecule has 0 bridgehead atoms. The van der Waals surface area contributed by atoms with Gasteiger partial charge >= 0.3 is 0 Å². The van der Waals surface area contributed by atoms with Gasteiger partial charge in [-0.05, 0) is 99.4 Å². The SMILES string of the molecule is Cc1cc(C)c(-c2cc(Oc3cccc(C4=CN(C)C5C=CC=CN45)c3)cc(-n3nc(C)cc3C)c2)c(C)c1. The van der Waals surface area contributed by atoms with Gasteiger partial charge in [0.15, 0.2) is 0 Å². The van der Waals surface area contributed by atoms with Crippen LogP contribution in [0.1, 0.15) is 33.6 Å². The Morgan fingerprint density at radius 1 is 0.795 bits per heavy atom. The molecule has 0 amide bonds. The van der Waals surface area contributed by atoms with Gasteiger partial charge in [-0.1, -0.05) is 35.9 Å². The lowest BCUT2D eigenvalue weighted by molar-refractivity contribution is 0.282. The molecule has 39 heavy (non-hydrogen) atoms. The maximum absolute atomic E-state index is 6.58. The second-order valence-corrected chi connectivity index (χ2v) is 10.7. The summed E-state index contributed by atoms with van der Waals surface area (Å²) in [6, 6.07) is 21.3. The Balaban J connectivity index is 1.41. The number of nitrogens with zero attached hydrogens (tertiary/aromatic N) is 4. The van der Waals surface area contributed by atoms with Gasteiger partial charge in [-0.2, -0.15) is 5.10 Å². The molecule has 0 saturated heterocycles. The maximum Gasteiger partial charge on any atom is 0.130 e. The zero-order valence-corrected chi connectivity index (χ0v) is 23.4. The van der Waals surface area contributed by atoms with Gasteiger partial charge in [0.05, 0.1) is 17.1 Å². The van der Waals surface area contributed by atoms with Crippen molar-refractivity contribution in [3.05, 3.63) is 125 Å². The Hall–Kier alpha value is -4.51. The molecular weight excluding hydrogens is 480 g/mol. The van der Waals surface area contributed by atoms with Crippen LogP contribution in [0.4, 0.5) is 0 Å². The number of aryl methyl sites for hydroxylation is 5. The smallest absolute Gasteiger partial charge is 0.130 e. The first-order valence-electron chi connectivity index (χ1n) is 13.4. The van der Waals surface area contributed by atoms with Crippen molar-refractivity contribution in [3.8, 4) is 28.3 Å². The first kappa shape index (κ1) is 24.8. The minimum Gasteiger partial charge on any atom is -0.457 e. The fourth-order valence-electron chi connectivity index (χ4n) is 5.89. The predicted octanol–water partition coefficient (Wildman–Crippen LogP) is 7.83. The molecule has 5 heteroatoms. The van der Waals surface area contributed by atoms with Crippen molar-refractivity contribution < 1.29 is 4.74 Å². The average Bonchev–Trinajstić information content (AvgIpc) is 3.41. The Kier molecular flexibility index (Phi) is 6.15. The Morgan fingerprint density at radius 2 is 1.56 bits per heavy atom. The molecule has 0 radical (unpaired) electrons. The number of allylic oxidation sites excluding steroid dienone is 2. The molecule has 0 fully saturated rings. The van der Waals surface area contributed by atoms with Crippen LogP contribution >= 0.6 is 0 Å². The molecule has 6 rings (SSSR count). The van der Waals surface area contributed by atoms with Gasteiger partial charge in [0.1, 0.15) is 17.7 Å². The van der Waals surface area contributed by atoms with E-state index in [4.69, 9.17) is 9.84 Å². The van der Waals surface area contributed by atoms with Crippen molar-refractivity contribution >= 4 is 5.70 Å². The molecular formula is C34H34N4O. The molecule has 0 saturated carbocycles. The van der Waals surface area contributed by atoms with Crippen molar-refractivity contribution in [2.75, 3.05) is 7.05 Å². The molecule has 0 N–H and O–H groups in total. The Labute approximate surface area is 231 Å². The first-order chi connectivity index (χ1) is 18.8. The zero-order chi connectivity index (χ0) is 27.3. The van der Waals surface area contributed by atoms with E-state index < -0.39 is 0 Å². The number of benzene rings is 3. The summed E-state index contributed by atoms with van der Waals surface area (Å²) in [6.07, 6.45) is 10.9. The molecule has 2 aliphatic rings. The molecule has 0 aliphatic carbocycles. The third-order valence-electron chi connectivity index (χ3n) is 7.42. The molecule has 2 aliphatic heterocycles. The van der Waals surface area contributed by atoms with E-state index in [9.17, 15) is 0 Å². The van der Waals surface area contributed by atoms with E-state index >= 15 is 0 Å². The van der Waals surface area contributed by atoms with Gasteiger partial charge in [0.2, 0.25) is 0 Å². The second kappa shape index (κ2) is 9.66. The van der Waals surface area contributed by atoms with Crippen molar-refractivity contribution in [2.45, 2.75) is 40.8 Å². The molecule has 0 spiro atoms. The fourth-order valence-corrected chi connectivity index (χ4v) is 5.89. The van der Waals surface area contributed by atoms with Gasteiger partial charge in [0.25, 0.3) is 0 Å². The average molecular weight is 515 g/mol. The molecule has 4 aromatic rings. The van der Waals surface area contributed by atoms with Gasteiger partial charge in [-0.3, -0.25) is 0 Å². The van der Waals surface area contributed by atoms with Gasteiger partial charge in [0, 0.05) is 36.8 Å². The summed E-state index contributed by atoms with van der Waals surface area (Å²) in [6.45, 7) is 10.6. The van der Waals surface area contributed by atoms with Crippen LogP contribution in [0.25, 0.3) is 22.5 Å². The zero-order valence-electron chi connectivity index (χ0n) is 23.4. The normalized spacial score (nSPS) is 16.1. The number of rotatable bonds is 5. The Morgan fingerprint density at radius 3 is 2.31 bits per heavy atom. The molecule has 1 atom stereocenters. The highest BCUT2D eigenvalue weighted by Crippen LogP contribution is 2.37.